The second kappa shape index (κ2) is 6.53. The Morgan fingerprint density at radius 1 is 1.32 bits per heavy atom. The molecular weight excluding hydrogens is 292 g/mol. The minimum atomic E-state index is -0.828. The molecule has 2 aromatic rings. The van der Waals surface area contributed by atoms with Crippen LogP contribution < -0.4 is 4.74 Å². The molecule has 0 aliphatic carbocycles. The van der Waals surface area contributed by atoms with Crippen molar-refractivity contribution in [1.82, 2.24) is 4.98 Å². The largest absolute Gasteiger partial charge is 0.490 e. The number of ketones is 1. The van der Waals surface area contributed by atoms with E-state index >= 15 is 0 Å². The molecule has 0 saturated carbocycles. The van der Waals surface area contributed by atoms with E-state index in [9.17, 15) is 19.7 Å². The van der Waals surface area contributed by atoms with Crippen LogP contribution >= 0.6 is 0 Å². The van der Waals surface area contributed by atoms with Crippen molar-refractivity contribution >= 4 is 17.4 Å². The van der Waals surface area contributed by atoms with E-state index in [1.165, 1.54) is 19.2 Å². The number of aromatic nitrogens is 1. The fourth-order valence-electron chi connectivity index (χ4n) is 1.76. The van der Waals surface area contributed by atoms with Crippen molar-refractivity contribution in [2.24, 2.45) is 0 Å². The van der Waals surface area contributed by atoms with E-state index in [0.29, 0.717) is 5.69 Å². The van der Waals surface area contributed by atoms with Gasteiger partial charge in [-0.05, 0) is 24.3 Å². The second-order valence-electron chi connectivity index (χ2n) is 4.23. The summed E-state index contributed by atoms with van der Waals surface area (Å²) in [5, 5.41) is 10.9. The number of carbonyl (C=O) groups excluding carboxylic acids is 2. The summed E-state index contributed by atoms with van der Waals surface area (Å²) in [6, 6.07) is 6.85. The molecule has 0 bridgehead atoms. The number of nitrogens with one attached hydrogen (secondary N) is 1. The van der Waals surface area contributed by atoms with Gasteiger partial charge in [-0.3, -0.25) is 14.9 Å². The monoisotopic (exact) mass is 304 g/mol. The summed E-state index contributed by atoms with van der Waals surface area (Å²) in [6.45, 7) is -0.459. The standard InChI is InChI=1S/C14H12N2O6/c1-21-13-5-4-9(7-11(13)16(19)20)14(18)22-8-12(17)10-3-2-6-15-10/h2-7,15H,8H2,1H3. The first-order valence-corrected chi connectivity index (χ1v) is 6.19. The molecule has 8 heteroatoms. The Balaban J connectivity index is 2.08. The number of aromatic amines is 1. The number of esters is 1. The van der Waals surface area contributed by atoms with Crippen molar-refractivity contribution in [2.75, 3.05) is 13.7 Å². The normalized spacial score (nSPS) is 10.0. The molecule has 1 heterocycles. The van der Waals surface area contributed by atoms with Gasteiger partial charge >= 0.3 is 11.7 Å². The summed E-state index contributed by atoms with van der Waals surface area (Å²) in [5.74, 6) is -1.20. The number of rotatable bonds is 6. The average Bonchev–Trinajstić information content (AvgIpc) is 3.06. The summed E-state index contributed by atoms with van der Waals surface area (Å²) < 4.78 is 9.69. The Kier molecular flexibility index (Phi) is 4.52. The van der Waals surface area contributed by atoms with Crippen molar-refractivity contribution in [3.63, 3.8) is 0 Å². The van der Waals surface area contributed by atoms with Crippen LogP contribution in [0, 0.1) is 10.1 Å². The third-order valence-corrected chi connectivity index (χ3v) is 2.84. The van der Waals surface area contributed by atoms with Gasteiger partial charge < -0.3 is 14.5 Å². The summed E-state index contributed by atoms with van der Waals surface area (Å²) >= 11 is 0. The molecule has 0 spiro atoms. The van der Waals surface area contributed by atoms with E-state index in [2.05, 4.69) is 4.98 Å². The molecule has 1 N–H and O–H groups in total. The quantitative estimate of drug-likeness (QED) is 0.378. The van der Waals surface area contributed by atoms with Crippen molar-refractivity contribution in [3.05, 3.63) is 57.9 Å². The van der Waals surface area contributed by atoms with E-state index in [0.717, 1.165) is 6.07 Å². The van der Waals surface area contributed by atoms with Gasteiger partial charge in [0.2, 0.25) is 5.78 Å². The zero-order valence-corrected chi connectivity index (χ0v) is 11.6. The van der Waals surface area contributed by atoms with Crippen LogP contribution in [0.1, 0.15) is 20.8 Å². The van der Waals surface area contributed by atoms with Crippen molar-refractivity contribution in [1.29, 1.82) is 0 Å². The Morgan fingerprint density at radius 3 is 2.68 bits per heavy atom. The van der Waals surface area contributed by atoms with Gasteiger partial charge in [0.15, 0.2) is 12.4 Å². The van der Waals surface area contributed by atoms with Crippen LogP contribution in [0.5, 0.6) is 5.75 Å². The fraction of sp³-hybridized carbons (Fsp3) is 0.143. The molecule has 1 aromatic carbocycles. The molecule has 1 aromatic heterocycles. The molecule has 0 unspecified atom stereocenters. The predicted molar refractivity (Wildman–Crippen MR) is 75.1 cm³/mol. The molecule has 0 aliphatic rings. The van der Waals surface area contributed by atoms with Crippen LogP contribution in [0.4, 0.5) is 5.69 Å². The number of benzene rings is 1. The summed E-state index contributed by atoms with van der Waals surface area (Å²) in [4.78, 5) is 36.4. The lowest BCUT2D eigenvalue weighted by Gasteiger charge is -2.05. The Bertz CT molecular complexity index is 708. The first kappa shape index (κ1) is 15.2. The first-order valence-electron chi connectivity index (χ1n) is 6.19. The number of nitrogens with zero attached hydrogens (tertiary/aromatic N) is 1. The second-order valence-corrected chi connectivity index (χ2v) is 4.23. The molecular formula is C14H12N2O6. The topological polar surface area (TPSA) is 112 Å². The van der Waals surface area contributed by atoms with Gasteiger partial charge in [0.1, 0.15) is 0 Å². The number of Topliss-reactive ketones (excluding diaryl/α,β-unsaturated/α-hetero) is 1. The lowest BCUT2D eigenvalue weighted by atomic mass is 10.2. The van der Waals surface area contributed by atoms with Crippen LogP contribution in [0.25, 0.3) is 0 Å². The number of hydrogen-bond donors (Lipinski definition) is 1. The molecule has 2 rings (SSSR count). The number of carbonyl (C=O) groups is 2. The van der Waals surface area contributed by atoms with Gasteiger partial charge in [-0.15, -0.1) is 0 Å². The number of methoxy groups -OCH3 is 1. The van der Waals surface area contributed by atoms with Gasteiger partial charge in [0.25, 0.3) is 0 Å². The maximum atomic E-state index is 11.8. The summed E-state index contributed by atoms with van der Waals surface area (Å²) in [5.41, 5.74) is -0.0760. The highest BCUT2D eigenvalue weighted by atomic mass is 16.6. The highest BCUT2D eigenvalue weighted by Gasteiger charge is 2.19. The minimum Gasteiger partial charge on any atom is -0.490 e. The Morgan fingerprint density at radius 2 is 2.09 bits per heavy atom. The van der Waals surface area contributed by atoms with Crippen LogP contribution in [0.15, 0.2) is 36.5 Å². The van der Waals surface area contributed by atoms with Gasteiger partial charge in [0, 0.05) is 12.3 Å². The van der Waals surface area contributed by atoms with E-state index in [1.54, 1.807) is 18.3 Å². The summed E-state index contributed by atoms with van der Waals surface area (Å²) in [7, 11) is 1.29. The average molecular weight is 304 g/mol. The van der Waals surface area contributed by atoms with E-state index in [4.69, 9.17) is 9.47 Å². The molecule has 0 saturated heterocycles. The molecule has 8 nitrogen and oxygen atoms in total. The van der Waals surface area contributed by atoms with Crippen LogP contribution in [-0.4, -0.2) is 35.4 Å². The highest BCUT2D eigenvalue weighted by molar-refractivity contribution is 5.98. The predicted octanol–water partition coefficient (Wildman–Crippen LogP) is 1.97. The lowest BCUT2D eigenvalue weighted by molar-refractivity contribution is -0.385. The number of H-pyrrole nitrogens is 1. The van der Waals surface area contributed by atoms with Gasteiger partial charge in [-0.25, -0.2) is 4.79 Å². The molecule has 0 amide bonds. The van der Waals surface area contributed by atoms with Crippen molar-refractivity contribution in [3.8, 4) is 5.75 Å². The van der Waals surface area contributed by atoms with Crippen LogP contribution in [0.3, 0.4) is 0 Å². The summed E-state index contributed by atoms with van der Waals surface area (Å²) in [6.07, 6.45) is 1.57. The van der Waals surface area contributed by atoms with E-state index < -0.39 is 23.3 Å². The highest BCUT2D eigenvalue weighted by Crippen LogP contribution is 2.27. The maximum absolute atomic E-state index is 11.8. The lowest BCUT2D eigenvalue weighted by Crippen LogP contribution is -2.14. The van der Waals surface area contributed by atoms with Crippen molar-refractivity contribution < 1.29 is 24.0 Å². The molecule has 114 valence electrons. The van der Waals surface area contributed by atoms with Gasteiger partial charge in [-0.2, -0.15) is 0 Å². The SMILES string of the molecule is COc1ccc(C(=O)OCC(=O)c2ccc[nH]2)cc1[N+](=O)[O-]. The number of nitro benzene ring substituents is 1. The zero-order valence-electron chi connectivity index (χ0n) is 11.6. The van der Waals surface area contributed by atoms with Crippen LogP contribution in [-0.2, 0) is 4.74 Å². The molecule has 0 atom stereocenters. The smallest absolute Gasteiger partial charge is 0.338 e. The first-order chi connectivity index (χ1) is 10.5. The minimum absolute atomic E-state index is 0.0315. The van der Waals surface area contributed by atoms with Gasteiger partial charge in [-0.1, -0.05) is 0 Å². The third kappa shape index (κ3) is 3.29. The number of hydrogen-bond acceptors (Lipinski definition) is 6. The van der Waals surface area contributed by atoms with Crippen molar-refractivity contribution in [2.45, 2.75) is 0 Å². The molecule has 0 aliphatic heterocycles. The molecule has 0 radical (unpaired) electrons. The number of nitro groups is 1. The fourth-order valence-corrected chi connectivity index (χ4v) is 1.76. The number of ether oxygens (including phenoxy) is 2. The van der Waals surface area contributed by atoms with Gasteiger partial charge in [0.05, 0.1) is 23.3 Å². The maximum Gasteiger partial charge on any atom is 0.338 e. The third-order valence-electron chi connectivity index (χ3n) is 2.84. The zero-order chi connectivity index (χ0) is 16.1. The Hall–Kier alpha value is -3.16. The van der Waals surface area contributed by atoms with E-state index in [-0.39, 0.29) is 17.0 Å². The van der Waals surface area contributed by atoms with Crippen LogP contribution in [0.2, 0.25) is 0 Å². The van der Waals surface area contributed by atoms with E-state index in [1.807, 2.05) is 0 Å². The Labute approximate surface area is 124 Å². The molecule has 0 fully saturated rings. The molecule has 22 heavy (non-hydrogen) atoms.